The molecular formula is C25H24N6O4. The highest BCUT2D eigenvalue weighted by molar-refractivity contribution is 5.99. The Hall–Kier alpha value is -4.34. The molecule has 0 aliphatic carbocycles. The second-order valence-corrected chi connectivity index (χ2v) is 8.85. The van der Waals surface area contributed by atoms with Crippen LogP contribution in [0.2, 0.25) is 0 Å². The Balaban J connectivity index is 1.52. The summed E-state index contributed by atoms with van der Waals surface area (Å²) >= 11 is 0. The second kappa shape index (κ2) is 7.59. The Morgan fingerprint density at radius 3 is 2.60 bits per heavy atom. The van der Waals surface area contributed by atoms with Crippen LogP contribution in [-0.2, 0) is 19.3 Å². The summed E-state index contributed by atoms with van der Waals surface area (Å²) in [6.07, 6.45) is 5.05. The largest absolute Gasteiger partial charge is 0.497 e. The van der Waals surface area contributed by atoms with E-state index in [9.17, 15) is 9.59 Å². The van der Waals surface area contributed by atoms with E-state index in [4.69, 9.17) is 9.26 Å². The van der Waals surface area contributed by atoms with Crippen molar-refractivity contribution in [2.24, 2.45) is 7.05 Å². The second-order valence-electron chi connectivity index (χ2n) is 8.85. The monoisotopic (exact) mass is 472 g/mol. The molecule has 0 N–H and O–H groups in total. The lowest BCUT2D eigenvalue weighted by Gasteiger charge is -2.47. The third-order valence-corrected chi connectivity index (χ3v) is 7.09. The Labute approximate surface area is 201 Å². The zero-order chi connectivity index (χ0) is 24.3. The molecule has 0 saturated carbocycles. The maximum Gasteiger partial charge on any atom is 0.272 e. The zero-order valence-corrected chi connectivity index (χ0v) is 19.6. The first kappa shape index (κ1) is 21.2. The molecule has 1 saturated heterocycles. The normalized spacial score (nSPS) is 19.1. The Morgan fingerprint density at radius 2 is 1.94 bits per heavy atom. The van der Waals surface area contributed by atoms with Crippen molar-refractivity contribution in [1.82, 2.24) is 29.3 Å². The van der Waals surface area contributed by atoms with Crippen molar-refractivity contribution in [3.63, 3.8) is 0 Å². The van der Waals surface area contributed by atoms with Gasteiger partial charge in [0.05, 0.1) is 25.0 Å². The van der Waals surface area contributed by atoms with E-state index in [0.717, 1.165) is 16.8 Å². The molecule has 6 rings (SSSR count). The van der Waals surface area contributed by atoms with Crippen molar-refractivity contribution in [2.75, 3.05) is 20.2 Å². The lowest BCUT2D eigenvalue weighted by atomic mass is 9.93. The molecule has 1 fully saturated rings. The van der Waals surface area contributed by atoms with Crippen LogP contribution in [0.5, 0.6) is 5.75 Å². The van der Waals surface area contributed by atoms with Gasteiger partial charge in [0.1, 0.15) is 23.3 Å². The van der Waals surface area contributed by atoms with E-state index >= 15 is 0 Å². The van der Waals surface area contributed by atoms with Crippen LogP contribution in [-0.4, -0.2) is 61.3 Å². The molecule has 1 unspecified atom stereocenters. The fraction of sp³-hybridized carbons (Fsp3) is 0.280. The van der Waals surface area contributed by atoms with Crippen LogP contribution >= 0.6 is 0 Å². The molecule has 178 valence electrons. The fourth-order valence-electron chi connectivity index (χ4n) is 5.32. The van der Waals surface area contributed by atoms with Crippen molar-refractivity contribution in [1.29, 1.82) is 0 Å². The molecule has 35 heavy (non-hydrogen) atoms. The summed E-state index contributed by atoms with van der Waals surface area (Å²) in [5.41, 5.74) is 3.11. The van der Waals surface area contributed by atoms with E-state index in [1.807, 2.05) is 54.2 Å². The van der Waals surface area contributed by atoms with Crippen molar-refractivity contribution in [2.45, 2.75) is 19.1 Å². The molecule has 1 aromatic carbocycles. The summed E-state index contributed by atoms with van der Waals surface area (Å²) < 4.78 is 14.1. The summed E-state index contributed by atoms with van der Waals surface area (Å²) in [6.45, 7) is 2.92. The van der Waals surface area contributed by atoms with Crippen LogP contribution in [0.4, 0.5) is 0 Å². The molecule has 2 aliphatic rings. The van der Waals surface area contributed by atoms with E-state index in [1.165, 1.54) is 6.26 Å². The van der Waals surface area contributed by atoms with Crippen LogP contribution < -0.4 is 4.74 Å². The van der Waals surface area contributed by atoms with Gasteiger partial charge < -0.3 is 23.6 Å². The van der Waals surface area contributed by atoms with Crippen molar-refractivity contribution in [3.05, 3.63) is 77.6 Å². The predicted molar refractivity (Wildman–Crippen MR) is 125 cm³/mol. The fourth-order valence-corrected chi connectivity index (χ4v) is 5.32. The number of hydrogen-bond acceptors (Lipinski definition) is 6. The first-order valence-electron chi connectivity index (χ1n) is 11.3. The average molecular weight is 473 g/mol. The van der Waals surface area contributed by atoms with Gasteiger partial charge in [-0.2, -0.15) is 5.10 Å². The van der Waals surface area contributed by atoms with Crippen LogP contribution in [0.15, 0.2) is 59.6 Å². The van der Waals surface area contributed by atoms with E-state index in [1.54, 1.807) is 34.7 Å². The molecular weight excluding hydrogens is 448 g/mol. The van der Waals surface area contributed by atoms with Crippen LogP contribution in [0.25, 0.3) is 11.3 Å². The number of rotatable bonds is 4. The Bertz CT molecular complexity index is 1450. The number of amides is 2. The number of aromatic nitrogens is 4. The minimum Gasteiger partial charge on any atom is -0.497 e. The van der Waals surface area contributed by atoms with Gasteiger partial charge in [0, 0.05) is 43.7 Å². The Morgan fingerprint density at radius 1 is 1.14 bits per heavy atom. The number of carbonyl (C=O) groups is 2. The van der Waals surface area contributed by atoms with E-state index in [2.05, 4.69) is 10.3 Å². The molecule has 0 bridgehead atoms. The van der Waals surface area contributed by atoms with Crippen LogP contribution in [0.1, 0.15) is 32.1 Å². The summed E-state index contributed by atoms with van der Waals surface area (Å²) in [4.78, 5) is 31.2. The van der Waals surface area contributed by atoms with Gasteiger partial charge in [0.15, 0.2) is 5.66 Å². The maximum absolute atomic E-state index is 13.9. The molecule has 1 atom stereocenters. The first-order chi connectivity index (χ1) is 16.9. The first-order valence-corrected chi connectivity index (χ1v) is 11.3. The number of methoxy groups -OCH3 is 1. The number of benzene rings is 1. The minimum absolute atomic E-state index is 0.127. The highest BCUT2D eigenvalue weighted by atomic mass is 16.5. The van der Waals surface area contributed by atoms with Crippen molar-refractivity contribution >= 4 is 11.8 Å². The van der Waals surface area contributed by atoms with Gasteiger partial charge in [-0.3, -0.25) is 14.3 Å². The topological polar surface area (TPSA) is 98.6 Å². The summed E-state index contributed by atoms with van der Waals surface area (Å²) in [7, 11) is 3.47. The molecule has 0 radical (unpaired) electrons. The zero-order valence-electron chi connectivity index (χ0n) is 19.6. The standard InChI is InChI=1S/C25H24N6O4/c1-16-20(14-35-27-16)23(32)30-10-11-31-24(33)22-12-17(21-8-9-26-28(21)2)13-29(22)15-25(30,31)18-4-6-19(34-3)7-5-18/h4-9,12-14H,10-11,15H2,1-3H3. The van der Waals surface area contributed by atoms with Crippen LogP contribution in [0.3, 0.4) is 0 Å². The van der Waals surface area contributed by atoms with Gasteiger partial charge in [-0.05, 0) is 31.2 Å². The summed E-state index contributed by atoms with van der Waals surface area (Å²) in [5, 5.41) is 8.15. The summed E-state index contributed by atoms with van der Waals surface area (Å²) in [6, 6.07) is 11.3. The van der Waals surface area contributed by atoms with E-state index < -0.39 is 5.66 Å². The van der Waals surface area contributed by atoms with Crippen LogP contribution in [0, 0.1) is 6.92 Å². The third-order valence-electron chi connectivity index (χ3n) is 7.09. The van der Waals surface area contributed by atoms with E-state index in [-0.39, 0.29) is 11.8 Å². The molecule has 3 aromatic heterocycles. The van der Waals surface area contributed by atoms with Gasteiger partial charge >= 0.3 is 0 Å². The lowest BCUT2D eigenvalue weighted by Crippen LogP contribution is -2.60. The minimum atomic E-state index is -1.01. The quantitative estimate of drug-likeness (QED) is 0.453. The lowest BCUT2D eigenvalue weighted by molar-refractivity contribution is -0.00597. The maximum atomic E-state index is 13.9. The molecule has 5 heterocycles. The smallest absolute Gasteiger partial charge is 0.272 e. The molecule has 4 aromatic rings. The number of carbonyl (C=O) groups excluding carboxylic acids is 2. The number of fused-ring (bicyclic) bond motifs is 2. The van der Waals surface area contributed by atoms with Gasteiger partial charge in [-0.25, -0.2) is 0 Å². The summed E-state index contributed by atoms with van der Waals surface area (Å²) in [5.74, 6) is 0.347. The number of aryl methyl sites for hydroxylation is 2. The van der Waals surface area contributed by atoms with E-state index in [0.29, 0.717) is 42.3 Å². The van der Waals surface area contributed by atoms with Gasteiger partial charge in [-0.1, -0.05) is 17.3 Å². The number of nitrogens with zero attached hydrogens (tertiary/aromatic N) is 6. The number of hydrogen-bond donors (Lipinski definition) is 0. The highest BCUT2D eigenvalue weighted by Crippen LogP contribution is 2.44. The SMILES string of the molecule is COc1ccc(C23Cn4cc(-c5ccnn5C)cc4C(=O)N2CCN3C(=O)c2conc2C)cc1. The van der Waals surface area contributed by atoms with Gasteiger partial charge in [0.25, 0.3) is 11.8 Å². The Kier molecular flexibility index (Phi) is 4.60. The number of ether oxygens (including phenoxy) is 1. The highest BCUT2D eigenvalue weighted by Gasteiger charge is 2.56. The van der Waals surface area contributed by atoms with Gasteiger partial charge in [0.2, 0.25) is 0 Å². The predicted octanol–water partition coefficient (Wildman–Crippen LogP) is 2.66. The average Bonchev–Trinajstić information content (AvgIpc) is 3.65. The van der Waals surface area contributed by atoms with Crippen molar-refractivity contribution in [3.8, 4) is 17.0 Å². The third kappa shape index (κ3) is 2.95. The molecule has 10 nitrogen and oxygen atoms in total. The molecule has 2 amide bonds. The molecule has 2 aliphatic heterocycles. The molecule has 10 heteroatoms. The molecule has 0 spiro atoms. The van der Waals surface area contributed by atoms with Crippen molar-refractivity contribution < 1.29 is 18.8 Å². The van der Waals surface area contributed by atoms with Gasteiger partial charge in [-0.15, -0.1) is 0 Å².